The molecule has 1 aromatic rings. The molecule has 20 heavy (non-hydrogen) atoms. The summed E-state index contributed by atoms with van der Waals surface area (Å²) in [6, 6.07) is 9.33. The Morgan fingerprint density at radius 3 is 2.35 bits per heavy atom. The average molecular weight is 296 g/mol. The van der Waals surface area contributed by atoms with Gasteiger partial charge >= 0.3 is 5.97 Å². The minimum atomic E-state index is -0.160. The van der Waals surface area contributed by atoms with Gasteiger partial charge in [0, 0.05) is 24.9 Å². The molecular formula is C16H22ClNO2. The number of esters is 1. The van der Waals surface area contributed by atoms with Crippen molar-refractivity contribution in [3.05, 3.63) is 35.9 Å². The summed E-state index contributed by atoms with van der Waals surface area (Å²) in [4.78, 5) is 14.6. The summed E-state index contributed by atoms with van der Waals surface area (Å²) >= 11 is 0. The maximum Gasteiger partial charge on any atom is 0.338 e. The number of likely N-dealkylation sites (tertiary alicyclic amines) is 1. The Bertz CT molecular complexity index is 437. The van der Waals surface area contributed by atoms with Crippen LogP contribution in [0.3, 0.4) is 0 Å². The molecule has 1 saturated heterocycles. The maximum absolute atomic E-state index is 12.2. The van der Waals surface area contributed by atoms with E-state index in [0.29, 0.717) is 17.4 Å². The first-order valence-corrected chi connectivity index (χ1v) is 7.18. The van der Waals surface area contributed by atoms with Gasteiger partial charge in [-0.25, -0.2) is 4.79 Å². The summed E-state index contributed by atoms with van der Waals surface area (Å²) in [5, 5.41) is 0. The van der Waals surface area contributed by atoms with E-state index in [2.05, 4.69) is 11.9 Å². The van der Waals surface area contributed by atoms with Crippen molar-refractivity contribution in [3.8, 4) is 0 Å². The van der Waals surface area contributed by atoms with Crippen LogP contribution in [0.25, 0.3) is 0 Å². The molecule has 2 bridgehead atoms. The molecule has 0 aromatic heterocycles. The third-order valence-electron chi connectivity index (χ3n) is 4.42. The second kappa shape index (κ2) is 6.59. The van der Waals surface area contributed by atoms with Crippen molar-refractivity contribution in [2.75, 3.05) is 20.1 Å². The summed E-state index contributed by atoms with van der Waals surface area (Å²) in [5.74, 6) is 0.877. The van der Waals surface area contributed by atoms with Crippen LogP contribution in [-0.2, 0) is 4.74 Å². The van der Waals surface area contributed by atoms with Crippen LogP contribution in [0.2, 0.25) is 0 Å². The van der Waals surface area contributed by atoms with Crippen molar-refractivity contribution in [1.29, 1.82) is 0 Å². The van der Waals surface area contributed by atoms with E-state index in [4.69, 9.17) is 4.74 Å². The van der Waals surface area contributed by atoms with Crippen LogP contribution in [-0.4, -0.2) is 37.1 Å². The van der Waals surface area contributed by atoms with Gasteiger partial charge in [-0.3, -0.25) is 0 Å². The van der Waals surface area contributed by atoms with Crippen molar-refractivity contribution < 1.29 is 9.53 Å². The van der Waals surface area contributed by atoms with Crippen LogP contribution in [0, 0.1) is 11.8 Å². The van der Waals surface area contributed by atoms with Crippen LogP contribution in [0.4, 0.5) is 0 Å². The Hall–Kier alpha value is -1.06. The molecule has 2 unspecified atom stereocenters. The second-order valence-corrected chi connectivity index (χ2v) is 5.91. The van der Waals surface area contributed by atoms with Gasteiger partial charge in [0.25, 0.3) is 0 Å². The van der Waals surface area contributed by atoms with Crippen LogP contribution in [0.5, 0.6) is 0 Å². The summed E-state index contributed by atoms with van der Waals surface area (Å²) < 4.78 is 5.83. The number of carbonyl (C=O) groups is 1. The molecule has 0 amide bonds. The second-order valence-electron chi connectivity index (χ2n) is 5.91. The fourth-order valence-corrected chi connectivity index (χ4v) is 3.58. The van der Waals surface area contributed by atoms with Gasteiger partial charge < -0.3 is 9.64 Å². The lowest BCUT2D eigenvalue weighted by Crippen LogP contribution is -2.51. The maximum atomic E-state index is 12.2. The number of hydrogen-bond acceptors (Lipinski definition) is 3. The fraction of sp³-hybridized carbons (Fsp3) is 0.562. The molecule has 110 valence electrons. The lowest BCUT2D eigenvalue weighted by molar-refractivity contribution is -0.0613. The third kappa shape index (κ3) is 3.15. The molecule has 4 heteroatoms. The Labute approximate surface area is 126 Å². The summed E-state index contributed by atoms with van der Waals surface area (Å²) in [7, 11) is 2.17. The van der Waals surface area contributed by atoms with Crippen LogP contribution < -0.4 is 0 Å². The minimum Gasteiger partial charge on any atom is -0.458 e. The zero-order valence-corrected chi connectivity index (χ0v) is 12.6. The van der Waals surface area contributed by atoms with E-state index in [-0.39, 0.29) is 24.5 Å². The molecular weight excluding hydrogens is 274 g/mol. The number of fused-ring (bicyclic) bond motifs is 2. The Balaban J connectivity index is 0.00000147. The zero-order valence-electron chi connectivity index (χ0n) is 11.8. The van der Waals surface area contributed by atoms with Crippen molar-refractivity contribution in [2.24, 2.45) is 11.8 Å². The normalized spacial score (nSPS) is 29.4. The topological polar surface area (TPSA) is 29.5 Å². The van der Waals surface area contributed by atoms with Gasteiger partial charge in [0.15, 0.2) is 0 Å². The third-order valence-corrected chi connectivity index (χ3v) is 4.42. The largest absolute Gasteiger partial charge is 0.458 e. The molecule has 2 aliphatic rings. The molecule has 1 aliphatic carbocycles. The molecule has 3 rings (SSSR count). The first kappa shape index (κ1) is 15.3. The molecule has 3 nitrogen and oxygen atoms in total. The number of halogens is 1. The lowest BCUT2D eigenvalue weighted by atomic mass is 9.75. The van der Waals surface area contributed by atoms with Crippen LogP contribution in [0.15, 0.2) is 30.3 Å². The van der Waals surface area contributed by atoms with Crippen molar-refractivity contribution >= 4 is 18.4 Å². The molecule has 1 saturated carbocycles. The molecule has 1 aliphatic heterocycles. The van der Waals surface area contributed by atoms with E-state index in [1.807, 2.05) is 30.3 Å². The molecule has 0 spiro atoms. The Morgan fingerprint density at radius 1 is 1.15 bits per heavy atom. The molecule has 0 N–H and O–H groups in total. The fourth-order valence-electron chi connectivity index (χ4n) is 3.58. The highest BCUT2D eigenvalue weighted by Crippen LogP contribution is 2.36. The molecule has 1 aromatic carbocycles. The number of rotatable bonds is 2. The van der Waals surface area contributed by atoms with E-state index in [0.717, 1.165) is 13.1 Å². The number of ether oxygens (including phenoxy) is 1. The standard InChI is InChI=1S/C16H21NO2.ClH/c1-17-10-13-8-5-9-14(11-17)15(13)19-16(18)12-6-3-2-4-7-12;/h2-4,6-7,13-15H,5,8-11H2,1H3;1H. The van der Waals surface area contributed by atoms with Crippen LogP contribution in [0.1, 0.15) is 29.6 Å². The Morgan fingerprint density at radius 2 is 1.75 bits per heavy atom. The van der Waals surface area contributed by atoms with Crippen LogP contribution >= 0.6 is 12.4 Å². The van der Waals surface area contributed by atoms with Gasteiger partial charge in [-0.1, -0.05) is 24.6 Å². The number of carbonyl (C=O) groups excluding carboxylic acids is 1. The van der Waals surface area contributed by atoms with Gasteiger partial charge in [0.05, 0.1) is 5.56 Å². The molecule has 0 radical (unpaired) electrons. The lowest BCUT2D eigenvalue weighted by Gasteiger charge is -2.45. The molecule has 2 fully saturated rings. The van der Waals surface area contributed by atoms with E-state index in [1.54, 1.807) is 0 Å². The predicted molar refractivity (Wildman–Crippen MR) is 81.2 cm³/mol. The highest BCUT2D eigenvalue weighted by atomic mass is 35.5. The van der Waals surface area contributed by atoms with Gasteiger partial charge in [-0.2, -0.15) is 0 Å². The highest BCUT2D eigenvalue weighted by molar-refractivity contribution is 5.89. The smallest absolute Gasteiger partial charge is 0.338 e. The molecule has 2 atom stereocenters. The van der Waals surface area contributed by atoms with Crippen molar-refractivity contribution in [1.82, 2.24) is 4.90 Å². The highest BCUT2D eigenvalue weighted by Gasteiger charge is 2.40. The number of hydrogen-bond donors (Lipinski definition) is 0. The van der Waals surface area contributed by atoms with E-state index >= 15 is 0 Å². The predicted octanol–water partition coefficient (Wildman–Crippen LogP) is 3.00. The first-order valence-electron chi connectivity index (χ1n) is 7.18. The minimum absolute atomic E-state index is 0. The van der Waals surface area contributed by atoms with E-state index in [1.165, 1.54) is 19.3 Å². The average Bonchev–Trinajstić information content (AvgIpc) is 2.41. The first-order chi connectivity index (χ1) is 9.24. The van der Waals surface area contributed by atoms with Gasteiger partial charge in [0.1, 0.15) is 6.10 Å². The number of nitrogens with zero attached hydrogens (tertiary/aromatic N) is 1. The summed E-state index contributed by atoms with van der Waals surface area (Å²) in [6.07, 6.45) is 3.78. The van der Waals surface area contributed by atoms with Gasteiger partial charge in [-0.15, -0.1) is 12.4 Å². The Kier molecular flexibility index (Phi) is 5.06. The summed E-state index contributed by atoms with van der Waals surface area (Å²) in [5.41, 5.74) is 0.666. The van der Waals surface area contributed by atoms with Gasteiger partial charge in [0.2, 0.25) is 0 Å². The van der Waals surface area contributed by atoms with Crippen molar-refractivity contribution in [2.45, 2.75) is 25.4 Å². The van der Waals surface area contributed by atoms with Gasteiger partial charge in [-0.05, 0) is 32.0 Å². The van der Waals surface area contributed by atoms with E-state index < -0.39 is 0 Å². The quantitative estimate of drug-likeness (QED) is 0.786. The number of piperidine rings is 1. The SMILES string of the molecule is CN1CC2CCCC(C1)C2OC(=O)c1ccccc1.Cl. The van der Waals surface area contributed by atoms with Crippen molar-refractivity contribution in [3.63, 3.8) is 0 Å². The monoisotopic (exact) mass is 295 g/mol. The summed E-state index contributed by atoms with van der Waals surface area (Å²) in [6.45, 7) is 2.12. The van der Waals surface area contributed by atoms with E-state index in [9.17, 15) is 4.79 Å². The number of benzene rings is 1. The zero-order chi connectivity index (χ0) is 13.2. The molecule has 1 heterocycles.